The molecule has 7 nitrogen and oxygen atoms in total. The molecule has 1 atom stereocenters. The van der Waals surface area contributed by atoms with Crippen molar-refractivity contribution in [1.29, 1.82) is 0 Å². The first-order chi connectivity index (χ1) is 16.9. The Morgan fingerprint density at radius 1 is 1.08 bits per heavy atom. The van der Waals surface area contributed by atoms with Crippen molar-refractivity contribution < 1.29 is 12.8 Å². The SMILES string of the molecule is CCCCC[C@@H](O[Si](C)(C)C(C)(C)C)C1=CC=CC=C(CS(=O)(=O)c2nnnn2-c2ccccc2)C1. The Kier molecular flexibility index (Phi) is 9.24. The summed E-state index contributed by atoms with van der Waals surface area (Å²) in [7, 11) is -5.79. The van der Waals surface area contributed by atoms with E-state index in [4.69, 9.17) is 4.43 Å². The van der Waals surface area contributed by atoms with E-state index in [1.807, 2.05) is 36.4 Å². The van der Waals surface area contributed by atoms with Gasteiger partial charge in [-0.1, -0.05) is 100 Å². The van der Waals surface area contributed by atoms with Crippen molar-refractivity contribution in [2.24, 2.45) is 0 Å². The Labute approximate surface area is 217 Å². The summed E-state index contributed by atoms with van der Waals surface area (Å²) in [6.07, 6.45) is 12.7. The summed E-state index contributed by atoms with van der Waals surface area (Å²) in [4.78, 5) is 0. The van der Waals surface area contributed by atoms with Crippen LogP contribution in [-0.4, -0.2) is 48.8 Å². The van der Waals surface area contributed by atoms with Gasteiger partial charge in [0.15, 0.2) is 8.32 Å². The Morgan fingerprint density at radius 3 is 2.44 bits per heavy atom. The lowest BCUT2D eigenvalue weighted by atomic mass is 9.97. The molecule has 0 aliphatic heterocycles. The Balaban J connectivity index is 1.83. The third-order valence-electron chi connectivity index (χ3n) is 7.01. The van der Waals surface area contributed by atoms with E-state index in [1.165, 1.54) is 4.68 Å². The number of hydrogen-bond donors (Lipinski definition) is 0. The van der Waals surface area contributed by atoms with Crippen molar-refractivity contribution >= 4 is 18.2 Å². The number of nitrogens with zero attached hydrogens (tertiary/aromatic N) is 4. The van der Waals surface area contributed by atoms with Gasteiger partial charge in [0.05, 0.1) is 17.5 Å². The van der Waals surface area contributed by atoms with Gasteiger partial charge in [-0.05, 0) is 59.1 Å². The Bertz CT molecular complexity index is 1210. The van der Waals surface area contributed by atoms with Gasteiger partial charge in [-0.2, -0.15) is 4.68 Å². The molecule has 1 heterocycles. The summed E-state index contributed by atoms with van der Waals surface area (Å²) in [6, 6.07) is 9.07. The van der Waals surface area contributed by atoms with Gasteiger partial charge in [-0.15, -0.1) is 0 Å². The summed E-state index contributed by atoms with van der Waals surface area (Å²) in [5, 5.41) is 11.4. The van der Waals surface area contributed by atoms with E-state index in [0.717, 1.165) is 36.8 Å². The number of unbranched alkanes of at least 4 members (excludes halogenated alkanes) is 2. The molecular formula is C27H40N4O3SSi. The molecule has 196 valence electrons. The van der Waals surface area contributed by atoms with Crippen LogP contribution in [0.3, 0.4) is 0 Å². The van der Waals surface area contributed by atoms with Crippen molar-refractivity contribution in [3.05, 3.63) is 65.8 Å². The van der Waals surface area contributed by atoms with Crippen LogP contribution in [0, 0.1) is 0 Å². The number of benzene rings is 1. The molecule has 0 spiro atoms. The van der Waals surface area contributed by atoms with E-state index in [-0.39, 0.29) is 22.1 Å². The third-order valence-corrected chi connectivity index (χ3v) is 13.1. The fourth-order valence-electron chi connectivity index (χ4n) is 3.92. The first kappa shape index (κ1) is 28.2. The van der Waals surface area contributed by atoms with Crippen molar-refractivity contribution in [1.82, 2.24) is 20.2 Å². The molecule has 0 bridgehead atoms. The van der Waals surface area contributed by atoms with Crippen molar-refractivity contribution in [3.63, 3.8) is 0 Å². The van der Waals surface area contributed by atoms with Crippen molar-refractivity contribution in [2.75, 3.05) is 5.75 Å². The van der Waals surface area contributed by atoms with E-state index in [1.54, 1.807) is 12.1 Å². The minimum Gasteiger partial charge on any atom is -0.410 e. The molecule has 1 aliphatic carbocycles. The second kappa shape index (κ2) is 11.8. The van der Waals surface area contributed by atoms with Crippen LogP contribution < -0.4 is 0 Å². The summed E-state index contributed by atoms with van der Waals surface area (Å²) in [5.41, 5.74) is 2.54. The fourth-order valence-corrected chi connectivity index (χ4v) is 6.63. The highest BCUT2D eigenvalue weighted by molar-refractivity contribution is 7.91. The second-order valence-corrected chi connectivity index (χ2v) is 17.6. The smallest absolute Gasteiger partial charge is 0.272 e. The summed E-state index contributed by atoms with van der Waals surface area (Å²) in [5.74, 6) is -0.149. The molecule has 1 aromatic heterocycles. The van der Waals surface area contributed by atoms with E-state index in [0.29, 0.717) is 12.1 Å². The van der Waals surface area contributed by atoms with Crippen LogP contribution >= 0.6 is 0 Å². The highest BCUT2D eigenvalue weighted by atomic mass is 32.2. The standard InChI is InChI=1S/C27H40N4O3SSi/c1-7-8-10-19-25(34-36(5,6)27(2,3)4)23-16-14-13-15-22(20-23)21-35(32,33)26-28-29-30-31(26)24-17-11-9-12-18-24/h9,11-18,25H,7-8,10,19-21H2,1-6H3/t25-/m1/s1. The molecule has 0 unspecified atom stereocenters. The van der Waals surface area contributed by atoms with Crippen LogP contribution in [-0.2, 0) is 14.3 Å². The van der Waals surface area contributed by atoms with Gasteiger partial charge in [-0.25, -0.2) is 8.42 Å². The molecule has 1 aromatic carbocycles. The van der Waals surface area contributed by atoms with E-state index < -0.39 is 18.2 Å². The number of sulfone groups is 1. The maximum Gasteiger partial charge on any atom is 0.272 e. The van der Waals surface area contributed by atoms with Gasteiger partial charge in [0.1, 0.15) is 0 Å². The Hall–Kier alpha value is -2.36. The normalized spacial score (nSPS) is 15.8. The first-order valence-electron chi connectivity index (χ1n) is 12.7. The molecule has 0 amide bonds. The summed E-state index contributed by atoms with van der Waals surface area (Å²) in [6.45, 7) is 13.5. The average molecular weight is 529 g/mol. The Morgan fingerprint density at radius 2 is 1.78 bits per heavy atom. The molecule has 0 saturated heterocycles. The van der Waals surface area contributed by atoms with Gasteiger partial charge in [0.2, 0.25) is 9.84 Å². The number of para-hydroxylation sites is 1. The summed E-state index contributed by atoms with van der Waals surface area (Å²) < 4.78 is 35.1. The molecule has 0 fully saturated rings. The van der Waals surface area contributed by atoms with Gasteiger partial charge in [0, 0.05) is 0 Å². The second-order valence-electron chi connectivity index (χ2n) is 11.0. The summed E-state index contributed by atoms with van der Waals surface area (Å²) >= 11 is 0. The lowest BCUT2D eigenvalue weighted by Crippen LogP contribution is -2.44. The first-order valence-corrected chi connectivity index (χ1v) is 17.3. The molecular weight excluding hydrogens is 488 g/mol. The van der Waals surface area contributed by atoms with Crippen LogP contribution in [0.4, 0.5) is 0 Å². The lowest BCUT2D eigenvalue weighted by Gasteiger charge is -2.40. The van der Waals surface area contributed by atoms with Gasteiger partial charge in [0.25, 0.3) is 5.16 Å². The average Bonchev–Trinajstić information content (AvgIpc) is 3.21. The molecule has 0 saturated carbocycles. The van der Waals surface area contributed by atoms with Crippen LogP contribution in [0.2, 0.25) is 18.1 Å². The monoisotopic (exact) mass is 528 g/mol. The van der Waals surface area contributed by atoms with Crippen LogP contribution in [0.1, 0.15) is 59.8 Å². The number of hydrogen-bond acceptors (Lipinski definition) is 6. The molecule has 9 heteroatoms. The van der Waals surface area contributed by atoms with E-state index >= 15 is 0 Å². The molecule has 36 heavy (non-hydrogen) atoms. The number of tetrazole rings is 1. The largest absolute Gasteiger partial charge is 0.410 e. The van der Waals surface area contributed by atoms with Gasteiger partial charge in [-0.3, -0.25) is 0 Å². The molecule has 3 rings (SSSR count). The minimum absolute atomic E-state index is 0.0269. The van der Waals surface area contributed by atoms with Gasteiger partial charge < -0.3 is 4.43 Å². The lowest BCUT2D eigenvalue weighted by molar-refractivity contribution is 0.197. The van der Waals surface area contributed by atoms with Gasteiger partial charge >= 0.3 is 0 Å². The molecule has 2 aromatic rings. The molecule has 1 aliphatic rings. The van der Waals surface area contributed by atoms with Crippen LogP contribution in [0.25, 0.3) is 5.69 Å². The highest BCUT2D eigenvalue weighted by Crippen LogP contribution is 2.39. The number of rotatable bonds is 11. The number of aromatic nitrogens is 4. The van der Waals surface area contributed by atoms with Crippen molar-refractivity contribution in [3.8, 4) is 5.69 Å². The van der Waals surface area contributed by atoms with Crippen LogP contribution in [0.5, 0.6) is 0 Å². The quantitative estimate of drug-likeness (QED) is 0.254. The highest BCUT2D eigenvalue weighted by Gasteiger charge is 2.40. The third kappa shape index (κ3) is 7.11. The maximum atomic E-state index is 13.4. The predicted molar refractivity (Wildman–Crippen MR) is 147 cm³/mol. The zero-order valence-electron chi connectivity index (χ0n) is 22.4. The maximum absolute atomic E-state index is 13.4. The van der Waals surface area contributed by atoms with E-state index in [2.05, 4.69) is 62.4 Å². The fraction of sp³-hybridized carbons (Fsp3) is 0.519. The molecule has 0 radical (unpaired) electrons. The van der Waals surface area contributed by atoms with E-state index in [9.17, 15) is 8.42 Å². The minimum atomic E-state index is -3.77. The zero-order valence-corrected chi connectivity index (χ0v) is 24.3. The van der Waals surface area contributed by atoms with Crippen molar-refractivity contribution in [2.45, 2.75) is 89.2 Å². The predicted octanol–water partition coefficient (Wildman–Crippen LogP) is 6.22. The topological polar surface area (TPSA) is 87.0 Å². The zero-order chi connectivity index (χ0) is 26.4. The molecule has 0 N–H and O–H groups in total. The van der Waals surface area contributed by atoms with Crippen LogP contribution in [0.15, 0.2) is 70.9 Å². The number of allylic oxidation sites excluding steroid dienone is 4.